The lowest BCUT2D eigenvalue weighted by Crippen LogP contribution is -2.08. The zero-order valence-electron chi connectivity index (χ0n) is 11.5. The van der Waals surface area contributed by atoms with Crippen LogP contribution in [0.15, 0.2) is 0 Å². The summed E-state index contributed by atoms with van der Waals surface area (Å²) in [6.07, 6.45) is 1.30. The Morgan fingerprint density at radius 1 is 0.545 bits per heavy atom. The van der Waals surface area contributed by atoms with E-state index in [0.717, 1.165) is 0 Å². The first-order chi connectivity index (χ1) is 10.3. The fourth-order valence-electron chi connectivity index (χ4n) is 2.30. The Hall–Kier alpha value is -1.79. The van der Waals surface area contributed by atoms with E-state index in [9.17, 15) is 30.7 Å². The molecule has 0 radical (unpaired) electrons. The van der Waals surface area contributed by atoms with E-state index in [1.54, 1.807) is 0 Å². The summed E-state index contributed by atoms with van der Waals surface area (Å²) in [5, 5.41) is -2.98. The van der Waals surface area contributed by atoms with Crippen molar-refractivity contribution in [3.8, 4) is 0 Å². The topological polar surface area (TPSA) is 0 Å². The van der Waals surface area contributed by atoms with Crippen LogP contribution in [0.5, 0.6) is 0 Å². The van der Waals surface area contributed by atoms with Gasteiger partial charge in [-0.15, -0.1) is 0 Å². The molecule has 0 unspecified atom stereocenters. The second-order valence-electron chi connectivity index (χ2n) is 4.88. The van der Waals surface area contributed by atoms with Crippen LogP contribution in [-0.4, -0.2) is 0 Å². The monoisotopic (exact) mass is 324 g/mol. The number of hydrogen-bond acceptors (Lipinski definition) is 0. The van der Waals surface area contributed by atoms with Gasteiger partial charge in [0.1, 0.15) is 5.82 Å². The molecule has 120 valence electrons. The maximum Gasteiger partial charge on any atom is 0.198 e. The molecule has 0 aliphatic heterocycles. The largest absolute Gasteiger partial charge is 0.206 e. The van der Waals surface area contributed by atoms with Crippen LogP contribution in [-0.2, 0) is 6.42 Å². The molecular weight excluding hydrogens is 313 g/mol. The van der Waals surface area contributed by atoms with Gasteiger partial charge >= 0.3 is 0 Å². The zero-order chi connectivity index (χ0) is 16.6. The molecule has 0 aliphatic rings. The van der Waals surface area contributed by atoms with Crippen LogP contribution < -0.4 is 0 Å². The summed E-state index contributed by atoms with van der Waals surface area (Å²) in [6, 6.07) is 0. The van der Waals surface area contributed by atoms with Crippen molar-refractivity contribution in [2.24, 2.45) is 0 Å². The highest BCUT2D eigenvalue weighted by Crippen LogP contribution is 2.34. The van der Waals surface area contributed by atoms with Crippen molar-refractivity contribution in [2.75, 3.05) is 0 Å². The number of benzene rings is 2. The summed E-state index contributed by atoms with van der Waals surface area (Å²) in [5.41, 5.74) is -0.803. The van der Waals surface area contributed by atoms with Gasteiger partial charge < -0.3 is 0 Å². The van der Waals surface area contributed by atoms with E-state index < -0.39 is 57.1 Å². The number of unbranched alkanes of at least 4 members (excludes halogenated alkanes) is 2. The quantitative estimate of drug-likeness (QED) is 0.299. The van der Waals surface area contributed by atoms with E-state index in [4.69, 9.17) is 0 Å². The molecule has 0 atom stereocenters. The first-order valence-corrected chi connectivity index (χ1v) is 6.63. The predicted octanol–water partition coefficient (Wildman–Crippen LogP) is 5.55. The third-order valence-corrected chi connectivity index (χ3v) is 3.46. The molecule has 0 saturated heterocycles. The molecule has 0 bridgehead atoms. The second kappa shape index (κ2) is 6.14. The van der Waals surface area contributed by atoms with Crippen LogP contribution in [0.25, 0.3) is 10.8 Å². The normalized spacial score (nSPS) is 11.5. The van der Waals surface area contributed by atoms with E-state index in [2.05, 4.69) is 0 Å². The first kappa shape index (κ1) is 16.6. The summed E-state index contributed by atoms with van der Waals surface area (Å²) in [4.78, 5) is 0. The number of fused-ring (bicyclic) bond motifs is 1. The van der Waals surface area contributed by atoms with Crippen LogP contribution in [0, 0.1) is 40.7 Å². The lowest BCUT2D eigenvalue weighted by atomic mass is 9.99. The Morgan fingerprint density at radius 2 is 1.00 bits per heavy atom. The Labute approximate surface area is 121 Å². The molecule has 22 heavy (non-hydrogen) atoms. The first-order valence-electron chi connectivity index (χ1n) is 6.63. The van der Waals surface area contributed by atoms with E-state index in [0.29, 0.717) is 12.8 Å². The van der Waals surface area contributed by atoms with Crippen molar-refractivity contribution in [1.29, 1.82) is 0 Å². The maximum absolute atomic E-state index is 14.2. The second-order valence-corrected chi connectivity index (χ2v) is 4.88. The van der Waals surface area contributed by atoms with Crippen LogP contribution in [0.4, 0.5) is 30.7 Å². The molecule has 0 saturated carbocycles. The molecule has 2 aromatic rings. The minimum Gasteiger partial charge on any atom is -0.206 e. The molecule has 0 fully saturated rings. The van der Waals surface area contributed by atoms with Crippen molar-refractivity contribution < 1.29 is 30.7 Å². The molecule has 0 N–H and O–H groups in total. The van der Waals surface area contributed by atoms with Crippen molar-refractivity contribution in [1.82, 2.24) is 0 Å². The summed E-state index contributed by atoms with van der Waals surface area (Å²) < 4.78 is 95.4. The lowest BCUT2D eigenvalue weighted by Gasteiger charge is -2.12. The molecule has 0 aromatic heterocycles. The van der Waals surface area contributed by atoms with Crippen molar-refractivity contribution in [2.45, 2.75) is 32.6 Å². The fourth-order valence-corrected chi connectivity index (χ4v) is 2.30. The van der Waals surface area contributed by atoms with Gasteiger partial charge in [0.15, 0.2) is 34.9 Å². The fraction of sp³-hybridized carbons (Fsp3) is 0.333. The number of rotatable bonds is 4. The Balaban J connectivity index is 2.82. The molecule has 2 rings (SSSR count). The van der Waals surface area contributed by atoms with Crippen molar-refractivity contribution in [3.05, 3.63) is 46.3 Å². The van der Waals surface area contributed by atoms with Crippen molar-refractivity contribution >= 4 is 10.8 Å². The average Bonchev–Trinajstić information content (AvgIpc) is 2.50. The molecule has 7 heteroatoms. The standard InChI is InChI=1S/C15H11F7/c1-2-3-4-5-6-9(16)7-8(11(18)10(6)17)13(20)15(22)14(21)12(7)19/h2-5H2,1H3. The average molecular weight is 324 g/mol. The minimum atomic E-state index is -2.32. The van der Waals surface area contributed by atoms with Crippen LogP contribution in [0.1, 0.15) is 31.7 Å². The summed E-state index contributed by atoms with van der Waals surface area (Å²) in [6.45, 7) is 1.82. The Morgan fingerprint density at radius 3 is 1.50 bits per heavy atom. The Kier molecular flexibility index (Phi) is 4.63. The van der Waals surface area contributed by atoms with Gasteiger partial charge in [-0.1, -0.05) is 19.8 Å². The van der Waals surface area contributed by atoms with Crippen LogP contribution in [0.2, 0.25) is 0 Å². The van der Waals surface area contributed by atoms with Gasteiger partial charge in [-0.3, -0.25) is 0 Å². The van der Waals surface area contributed by atoms with Crippen LogP contribution >= 0.6 is 0 Å². The SMILES string of the molecule is CCCCCc1c(F)c(F)c2c(F)c(F)c(F)c(F)c2c1F. The van der Waals surface area contributed by atoms with Gasteiger partial charge in [0, 0.05) is 5.56 Å². The van der Waals surface area contributed by atoms with Gasteiger partial charge in [0.2, 0.25) is 0 Å². The lowest BCUT2D eigenvalue weighted by molar-refractivity contribution is 0.410. The van der Waals surface area contributed by atoms with E-state index >= 15 is 0 Å². The van der Waals surface area contributed by atoms with Gasteiger partial charge in [-0.2, -0.15) is 0 Å². The van der Waals surface area contributed by atoms with Gasteiger partial charge in [0.05, 0.1) is 10.8 Å². The van der Waals surface area contributed by atoms with Gasteiger partial charge in [-0.25, -0.2) is 30.7 Å². The highest BCUT2D eigenvalue weighted by Gasteiger charge is 2.30. The molecule has 2 aromatic carbocycles. The van der Waals surface area contributed by atoms with E-state index in [1.807, 2.05) is 6.92 Å². The number of halogens is 7. The zero-order valence-corrected chi connectivity index (χ0v) is 11.5. The minimum absolute atomic E-state index is 0.265. The summed E-state index contributed by atoms with van der Waals surface area (Å²) >= 11 is 0. The predicted molar refractivity (Wildman–Crippen MR) is 66.9 cm³/mol. The third kappa shape index (κ3) is 2.42. The number of hydrogen-bond donors (Lipinski definition) is 0. The van der Waals surface area contributed by atoms with Gasteiger partial charge in [0.25, 0.3) is 0 Å². The molecule has 0 aliphatic carbocycles. The van der Waals surface area contributed by atoms with Gasteiger partial charge in [-0.05, 0) is 12.8 Å². The van der Waals surface area contributed by atoms with E-state index in [-0.39, 0.29) is 12.8 Å². The maximum atomic E-state index is 14.2. The molecule has 0 heterocycles. The Bertz CT molecular complexity index is 737. The van der Waals surface area contributed by atoms with E-state index in [1.165, 1.54) is 0 Å². The van der Waals surface area contributed by atoms with Crippen molar-refractivity contribution in [3.63, 3.8) is 0 Å². The third-order valence-electron chi connectivity index (χ3n) is 3.46. The highest BCUT2D eigenvalue weighted by atomic mass is 19.2. The summed E-state index contributed by atoms with van der Waals surface area (Å²) in [5.74, 6) is -14.1. The molecule has 0 spiro atoms. The molecular formula is C15H11F7. The molecule has 0 nitrogen and oxygen atoms in total. The molecule has 0 amide bonds. The summed E-state index contributed by atoms with van der Waals surface area (Å²) in [7, 11) is 0. The highest BCUT2D eigenvalue weighted by molar-refractivity contribution is 5.86. The smallest absolute Gasteiger partial charge is 0.198 e. The van der Waals surface area contributed by atoms with Crippen LogP contribution in [0.3, 0.4) is 0 Å².